The molecule has 0 fully saturated rings. The standard InChI is InChI=1S/C26H31N3O2/c1-19-15-20(2)17-22(16-19)26(31)29(4)23(18-21-9-6-5-7-10-21)12-13-27-25(30)24-11-8-14-28(24)3/h5-11,14-17,23H,12-13,18H2,1-4H3,(H,27,30)/t23-/m1/s1. The minimum atomic E-state index is -0.103. The fourth-order valence-electron chi connectivity index (χ4n) is 3.93. The van der Waals surface area contributed by atoms with E-state index in [9.17, 15) is 9.59 Å². The summed E-state index contributed by atoms with van der Waals surface area (Å²) in [5.74, 6) is -0.101. The van der Waals surface area contributed by atoms with Crippen LogP contribution in [0.5, 0.6) is 0 Å². The van der Waals surface area contributed by atoms with Crippen LogP contribution in [0.4, 0.5) is 0 Å². The number of aromatic nitrogens is 1. The van der Waals surface area contributed by atoms with Crippen molar-refractivity contribution < 1.29 is 9.59 Å². The second-order valence-corrected chi connectivity index (χ2v) is 8.18. The summed E-state index contributed by atoms with van der Waals surface area (Å²) in [5.41, 5.74) is 4.64. The Bertz CT molecular complexity index is 1020. The molecular formula is C26H31N3O2. The molecule has 0 unspecified atom stereocenters. The zero-order chi connectivity index (χ0) is 22.4. The van der Waals surface area contributed by atoms with Crippen molar-refractivity contribution in [3.63, 3.8) is 0 Å². The molecule has 31 heavy (non-hydrogen) atoms. The third-order valence-electron chi connectivity index (χ3n) is 5.59. The molecule has 0 saturated heterocycles. The molecule has 5 nitrogen and oxygen atoms in total. The highest BCUT2D eigenvalue weighted by atomic mass is 16.2. The number of hydrogen-bond donors (Lipinski definition) is 1. The first-order valence-electron chi connectivity index (χ1n) is 10.6. The van der Waals surface area contributed by atoms with Crippen molar-refractivity contribution in [1.29, 1.82) is 0 Å². The van der Waals surface area contributed by atoms with Gasteiger partial charge >= 0.3 is 0 Å². The molecule has 1 aromatic heterocycles. The van der Waals surface area contributed by atoms with Crippen molar-refractivity contribution in [2.75, 3.05) is 13.6 Å². The first-order chi connectivity index (χ1) is 14.8. The first-order valence-corrected chi connectivity index (χ1v) is 10.6. The van der Waals surface area contributed by atoms with Crippen molar-refractivity contribution in [2.45, 2.75) is 32.7 Å². The van der Waals surface area contributed by atoms with Gasteiger partial charge in [-0.05, 0) is 56.5 Å². The molecule has 0 aliphatic carbocycles. The molecular weight excluding hydrogens is 386 g/mol. The lowest BCUT2D eigenvalue weighted by molar-refractivity contribution is 0.0722. The second kappa shape index (κ2) is 10.1. The molecule has 0 aliphatic heterocycles. The average Bonchev–Trinajstić information content (AvgIpc) is 3.18. The summed E-state index contributed by atoms with van der Waals surface area (Å²) in [7, 11) is 3.70. The highest BCUT2D eigenvalue weighted by molar-refractivity contribution is 5.95. The lowest BCUT2D eigenvalue weighted by atomic mass is 10.00. The molecule has 1 N–H and O–H groups in total. The van der Waals surface area contributed by atoms with Gasteiger partial charge in [0.05, 0.1) is 0 Å². The minimum Gasteiger partial charge on any atom is -0.351 e. The van der Waals surface area contributed by atoms with Crippen LogP contribution < -0.4 is 5.32 Å². The number of nitrogens with zero attached hydrogens (tertiary/aromatic N) is 2. The van der Waals surface area contributed by atoms with E-state index in [1.807, 2.05) is 75.4 Å². The lowest BCUT2D eigenvalue weighted by Crippen LogP contribution is -2.41. The minimum absolute atomic E-state index is 0.00138. The Morgan fingerprint density at radius 3 is 2.29 bits per heavy atom. The summed E-state index contributed by atoms with van der Waals surface area (Å²) in [4.78, 5) is 27.5. The van der Waals surface area contributed by atoms with Crippen LogP contribution in [0.25, 0.3) is 0 Å². The third kappa shape index (κ3) is 5.85. The van der Waals surface area contributed by atoms with E-state index in [1.165, 1.54) is 5.56 Å². The molecule has 0 saturated carbocycles. The van der Waals surface area contributed by atoms with Crippen LogP contribution in [-0.4, -0.2) is 40.9 Å². The van der Waals surface area contributed by atoms with Crippen molar-refractivity contribution in [3.05, 3.63) is 94.8 Å². The Hall–Kier alpha value is -3.34. The molecule has 3 aromatic rings. The predicted molar refractivity (Wildman–Crippen MR) is 124 cm³/mol. The number of hydrogen-bond acceptors (Lipinski definition) is 2. The van der Waals surface area contributed by atoms with Gasteiger partial charge in [-0.25, -0.2) is 0 Å². The molecule has 3 rings (SSSR count). The molecule has 5 heteroatoms. The highest BCUT2D eigenvalue weighted by Gasteiger charge is 2.22. The normalized spacial score (nSPS) is 11.7. The van der Waals surface area contributed by atoms with Crippen LogP contribution >= 0.6 is 0 Å². The lowest BCUT2D eigenvalue weighted by Gasteiger charge is -2.29. The molecule has 1 atom stereocenters. The Morgan fingerprint density at radius 1 is 1.00 bits per heavy atom. The van der Waals surface area contributed by atoms with Gasteiger partial charge in [-0.2, -0.15) is 0 Å². The summed E-state index contributed by atoms with van der Waals surface area (Å²) in [6, 6.07) is 19.7. The topological polar surface area (TPSA) is 54.3 Å². The maximum Gasteiger partial charge on any atom is 0.267 e. The van der Waals surface area contributed by atoms with Gasteiger partial charge in [0, 0.05) is 38.4 Å². The fourth-order valence-corrected chi connectivity index (χ4v) is 3.93. The zero-order valence-corrected chi connectivity index (χ0v) is 18.8. The third-order valence-corrected chi connectivity index (χ3v) is 5.59. The van der Waals surface area contributed by atoms with Crippen LogP contribution in [0, 0.1) is 13.8 Å². The SMILES string of the molecule is Cc1cc(C)cc(C(=O)N(C)[C@H](CCNC(=O)c2cccn2C)Cc2ccccc2)c1. The highest BCUT2D eigenvalue weighted by Crippen LogP contribution is 2.16. The Morgan fingerprint density at radius 2 is 1.68 bits per heavy atom. The van der Waals surface area contributed by atoms with Gasteiger partial charge in [-0.1, -0.05) is 47.5 Å². The first kappa shape index (κ1) is 22.3. The number of carbonyl (C=O) groups is 2. The van der Waals surface area contributed by atoms with Gasteiger partial charge < -0.3 is 14.8 Å². The summed E-state index contributed by atoms with van der Waals surface area (Å²) in [6.45, 7) is 4.50. The van der Waals surface area contributed by atoms with E-state index >= 15 is 0 Å². The van der Waals surface area contributed by atoms with Crippen LogP contribution in [0.2, 0.25) is 0 Å². The van der Waals surface area contributed by atoms with Gasteiger partial charge in [-0.15, -0.1) is 0 Å². The molecule has 2 amide bonds. The van der Waals surface area contributed by atoms with Crippen molar-refractivity contribution >= 4 is 11.8 Å². The zero-order valence-electron chi connectivity index (χ0n) is 18.8. The molecule has 0 radical (unpaired) electrons. The number of rotatable bonds is 8. The van der Waals surface area contributed by atoms with Gasteiger partial charge in [0.15, 0.2) is 0 Å². The largest absolute Gasteiger partial charge is 0.351 e. The predicted octanol–water partition coefficient (Wildman–Crippen LogP) is 4.15. The number of benzene rings is 2. The van der Waals surface area contributed by atoms with Crippen LogP contribution in [-0.2, 0) is 13.5 Å². The Labute approximate surface area is 184 Å². The number of likely N-dealkylation sites (N-methyl/N-ethyl adjacent to an activating group) is 1. The summed E-state index contributed by atoms with van der Waals surface area (Å²) in [6.07, 6.45) is 3.25. The van der Waals surface area contributed by atoms with E-state index in [0.29, 0.717) is 24.2 Å². The Balaban J connectivity index is 1.73. The van der Waals surface area contributed by atoms with Crippen molar-refractivity contribution in [3.8, 4) is 0 Å². The smallest absolute Gasteiger partial charge is 0.267 e. The van der Waals surface area contributed by atoms with E-state index in [1.54, 1.807) is 10.6 Å². The van der Waals surface area contributed by atoms with E-state index < -0.39 is 0 Å². The van der Waals surface area contributed by atoms with E-state index in [0.717, 1.165) is 17.5 Å². The monoisotopic (exact) mass is 417 g/mol. The Kier molecular flexibility index (Phi) is 7.29. The summed E-state index contributed by atoms with van der Waals surface area (Å²) in [5, 5.41) is 3.00. The van der Waals surface area contributed by atoms with Crippen LogP contribution in [0.15, 0.2) is 66.9 Å². The van der Waals surface area contributed by atoms with Crippen molar-refractivity contribution in [2.24, 2.45) is 7.05 Å². The second-order valence-electron chi connectivity index (χ2n) is 8.18. The average molecular weight is 418 g/mol. The quantitative estimate of drug-likeness (QED) is 0.599. The fraction of sp³-hybridized carbons (Fsp3) is 0.308. The van der Waals surface area contributed by atoms with Crippen LogP contribution in [0.1, 0.15) is 44.0 Å². The van der Waals surface area contributed by atoms with Gasteiger partial charge in [-0.3, -0.25) is 9.59 Å². The number of aryl methyl sites for hydroxylation is 3. The van der Waals surface area contributed by atoms with Gasteiger partial charge in [0.2, 0.25) is 0 Å². The molecule has 2 aromatic carbocycles. The van der Waals surface area contributed by atoms with Gasteiger partial charge in [0.25, 0.3) is 11.8 Å². The number of carbonyl (C=O) groups excluding carboxylic acids is 2. The number of nitrogens with one attached hydrogen (secondary N) is 1. The number of amides is 2. The van der Waals surface area contributed by atoms with E-state index in [4.69, 9.17) is 0 Å². The molecule has 0 bridgehead atoms. The van der Waals surface area contributed by atoms with E-state index in [2.05, 4.69) is 23.5 Å². The van der Waals surface area contributed by atoms with Crippen LogP contribution in [0.3, 0.4) is 0 Å². The molecule has 0 spiro atoms. The van der Waals surface area contributed by atoms with E-state index in [-0.39, 0.29) is 17.9 Å². The van der Waals surface area contributed by atoms with Crippen molar-refractivity contribution in [1.82, 2.24) is 14.8 Å². The van der Waals surface area contributed by atoms with Gasteiger partial charge in [0.1, 0.15) is 5.69 Å². The maximum atomic E-state index is 13.2. The summed E-state index contributed by atoms with van der Waals surface area (Å²) >= 11 is 0. The maximum absolute atomic E-state index is 13.2. The molecule has 162 valence electrons. The molecule has 1 heterocycles. The molecule has 0 aliphatic rings. The summed E-state index contributed by atoms with van der Waals surface area (Å²) < 4.78 is 1.80.